The van der Waals surface area contributed by atoms with Crippen LogP contribution in [0.25, 0.3) is 0 Å². The fourth-order valence-electron chi connectivity index (χ4n) is 2.68. The van der Waals surface area contributed by atoms with Gasteiger partial charge >= 0.3 is 0 Å². The van der Waals surface area contributed by atoms with Crippen molar-refractivity contribution in [2.45, 2.75) is 44.6 Å². The van der Waals surface area contributed by atoms with E-state index in [1.807, 2.05) is 5.38 Å². The van der Waals surface area contributed by atoms with Gasteiger partial charge in [0.15, 0.2) is 0 Å². The maximum atomic E-state index is 4.24. The fraction of sp³-hybridized carbons (Fsp3) is 0.500. The molecule has 0 saturated heterocycles. The quantitative estimate of drug-likeness (QED) is 0.875. The molecule has 1 saturated carbocycles. The zero-order valence-electron chi connectivity index (χ0n) is 11.9. The number of hydrogen-bond acceptors (Lipinski definition) is 4. The van der Waals surface area contributed by atoms with Crippen LogP contribution < -0.4 is 5.32 Å². The van der Waals surface area contributed by atoms with Crippen LogP contribution in [0, 0.1) is 0 Å². The molecule has 106 valence electrons. The topological polar surface area (TPSA) is 37.8 Å². The van der Waals surface area contributed by atoms with E-state index in [2.05, 4.69) is 46.1 Å². The molecule has 1 unspecified atom stereocenters. The summed E-state index contributed by atoms with van der Waals surface area (Å²) in [7, 11) is 0. The average molecular weight is 287 g/mol. The van der Waals surface area contributed by atoms with Crippen molar-refractivity contribution in [1.29, 1.82) is 0 Å². The molecular formula is C16H21N3S. The van der Waals surface area contributed by atoms with Gasteiger partial charge in [-0.2, -0.15) is 0 Å². The maximum absolute atomic E-state index is 4.24. The highest BCUT2D eigenvalue weighted by atomic mass is 32.1. The molecule has 0 aliphatic heterocycles. The van der Waals surface area contributed by atoms with Gasteiger partial charge in [-0.05, 0) is 54.4 Å². The molecular weight excluding hydrogens is 266 g/mol. The normalized spacial score (nSPS) is 16.9. The number of rotatable bonds is 6. The first kappa shape index (κ1) is 13.7. The van der Waals surface area contributed by atoms with Crippen molar-refractivity contribution < 1.29 is 0 Å². The molecule has 0 radical (unpaired) electrons. The van der Waals surface area contributed by atoms with E-state index in [1.165, 1.54) is 41.9 Å². The lowest BCUT2D eigenvalue weighted by Crippen LogP contribution is -2.23. The van der Waals surface area contributed by atoms with Crippen LogP contribution in [0.5, 0.6) is 0 Å². The van der Waals surface area contributed by atoms with Crippen molar-refractivity contribution in [3.05, 3.63) is 46.5 Å². The second kappa shape index (κ2) is 6.46. The lowest BCUT2D eigenvalue weighted by atomic mass is 9.80. The van der Waals surface area contributed by atoms with Crippen LogP contribution >= 0.6 is 11.5 Å². The Balaban J connectivity index is 1.79. The van der Waals surface area contributed by atoms with Crippen molar-refractivity contribution in [2.24, 2.45) is 0 Å². The van der Waals surface area contributed by atoms with Crippen LogP contribution in [0.15, 0.2) is 29.6 Å². The first-order valence-corrected chi connectivity index (χ1v) is 8.32. The van der Waals surface area contributed by atoms with Crippen molar-refractivity contribution >= 4 is 11.5 Å². The van der Waals surface area contributed by atoms with Crippen LogP contribution in [0.4, 0.5) is 0 Å². The van der Waals surface area contributed by atoms with Crippen LogP contribution in [-0.2, 0) is 0 Å². The van der Waals surface area contributed by atoms with Crippen molar-refractivity contribution in [1.82, 2.24) is 14.9 Å². The van der Waals surface area contributed by atoms with Gasteiger partial charge in [0.05, 0.1) is 11.7 Å². The van der Waals surface area contributed by atoms with Crippen LogP contribution in [0.1, 0.15) is 61.4 Å². The zero-order chi connectivity index (χ0) is 13.8. The minimum atomic E-state index is 0.171. The Bertz CT molecular complexity index is 517. The maximum Gasteiger partial charge on any atom is 0.0970 e. The van der Waals surface area contributed by atoms with E-state index in [9.17, 15) is 0 Å². The molecule has 20 heavy (non-hydrogen) atoms. The standard InChI is InChI=1S/C16H21N3S/c1-2-10-17-16(15-11-20-19-18-15)14-8-6-13(7-9-14)12-4-3-5-12/h6-9,11-12,16-17H,2-5,10H2,1H3. The largest absolute Gasteiger partial charge is 0.305 e. The third-order valence-electron chi connectivity index (χ3n) is 4.12. The lowest BCUT2D eigenvalue weighted by Gasteiger charge is -2.26. The summed E-state index contributed by atoms with van der Waals surface area (Å²) in [5, 5.41) is 9.84. The fourth-order valence-corrected chi connectivity index (χ4v) is 3.16. The highest BCUT2D eigenvalue weighted by molar-refractivity contribution is 7.03. The van der Waals surface area contributed by atoms with Crippen LogP contribution in [0.3, 0.4) is 0 Å². The Morgan fingerprint density at radius 3 is 2.65 bits per heavy atom. The highest BCUT2D eigenvalue weighted by Gasteiger charge is 2.20. The molecule has 1 aliphatic rings. The predicted octanol–water partition coefficient (Wildman–Crippen LogP) is 3.89. The van der Waals surface area contributed by atoms with Gasteiger partial charge in [0.1, 0.15) is 0 Å². The van der Waals surface area contributed by atoms with E-state index in [0.717, 1.165) is 24.6 Å². The molecule has 1 heterocycles. The molecule has 1 aromatic carbocycles. The van der Waals surface area contributed by atoms with Crippen LogP contribution in [0.2, 0.25) is 0 Å². The third kappa shape index (κ3) is 2.91. The van der Waals surface area contributed by atoms with Gasteiger partial charge in [0, 0.05) is 5.38 Å². The summed E-state index contributed by atoms with van der Waals surface area (Å²) in [6, 6.07) is 9.25. The molecule has 0 spiro atoms. The van der Waals surface area contributed by atoms with E-state index in [-0.39, 0.29) is 6.04 Å². The summed E-state index contributed by atoms with van der Waals surface area (Å²) in [5.41, 5.74) is 3.81. The van der Waals surface area contributed by atoms with Gasteiger partial charge in [0.2, 0.25) is 0 Å². The summed E-state index contributed by atoms with van der Waals surface area (Å²) in [6.07, 6.45) is 5.21. The number of benzene rings is 1. The Hall–Kier alpha value is -1.26. The molecule has 1 N–H and O–H groups in total. The zero-order valence-corrected chi connectivity index (χ0v) is 12.7. The second-order valence-electron chi connectivity index (χ2n) is 5.51. The van der Waals surface area contributed by atoms with Crippen molar-refractivity contribution in [3.63, 3.8) is 0 Å². The van der Waals surface area contributed by atoms with Gasteiger partial charge in [-0.15, -0.1) is 5.10 Å². The van der Waals surface area contributed by atoms with Gasteiger partial charge < -0.3 is 5.32 Å². The molecule has 3 nitrogen and oxygen atoms in total. The predicted molar refractivity (Wildman–Crippen MR) is 83.1 cm³/mol. The minimum Gasteiger partial charge on any atom is -0.305 e. The SMILES string of the molecule is CCCNC(c1ccc(C2CCC2)cc1)c1csnn1. The van der Waals surface area contributed by atoms with Gasteiger partial charge in [-0.25, -0.2) is 0 Å². The summed E-state index contributed by atoms with van der Waals surface area (Å²) >= 11 is 1.42. The lowest BCUT2D eigenvalue weighted by molar-refractivity contribution is 0.419. The third-order valence-corrected chi connectivity index (χ3v) is 4.64. The Morgan fingerprint density at radius 2 is 2.10 bits per heavy atom. The van der Waals surface area contributed by atoms with Crippen molar-refractivity contribution in [3.8, 4) is 0 Å². The first-order chi connectivity index (χ1) is 9.88. The summed E-state index contributed by atoms with van der Waals surface area (Å²) in [6.45, 7) is 3.18. The number of hydrogen-bond donors (Lipinski definition) is 1. The monoisotopic (exact) mass is 287 g/mol. The van der Waals surface area contributed by atoms with E-state index in [0.29, 0.717) is 0 Å². The number of nitrogens with zero attached hydrogens (tertiary/aromatic N) is 2. The van der Waals surface area contributed by atoms with Crippen molar-refractivity contribution in [2.75, 3.05) is 6.54 Å². The Morgan fingerprint density at radius 1 is 1.30 bits per heavy atom. The minimum absolute atomic E-state index is 0.171. The molecule has 3 rings (SSSR count). The highest BCUT2D eigenvalue weighted by Crippen LogP contribution is 2.36. The van der Waals surface area contributed by atoms with Crippen LogP contribution in [-0.4, -0.2) is 16.1 Å². The smallest absolute Gasteiger partial charge is 0.0970 e. The van der Waals surface area contributed by atoms with E-state index in [1.54, 1.807) is 0 Å². The molecule has 1 aromatic heterocycles. The molecule has 4 heteroatoms. The molecule has 0 amide bonds. The van der Waals surface area contributed by atoms with Gasteiger partial charge in [0.25, 0.3) is 0 Å². The van der Waals surface area contributed by atoms with E-state index >= 15 is 0 Å². The summed E-state index contributed by atoms with van der Waals surface area (Å²) < 4.78 is 4.00. The number of nitrogens with one attached hydrogen (secondary N) is 1. The summed E-state index contributed by atoms with van der Waals surface area (Å²) in [4.78, 5) is 0. The van der Waals surface area contributed by atoms with E-state index < -0.39 is 0 Å². The molecule has 1 fully saturated rings. The Kier molecular flexibility index (Phi) is 4.43. The van der Waals surface area contributed by atoms with E-state index in [4.69, 9.17) is 0 Å². The second-order valence-corrected chi connectivity index (χ2v) is 6.12. The first-order valence-electron chi connectivity index (χ1n) is 7.48. The molecule has 0 bridgehead atoms. The van der Waals surface area contributed by atoms with Gasteiger partial charge in [-0.1, -0.05) is 42.1 Å². The Labute approximate surface area is 124 Å². The van der Waals surface area contributed by atoms with Gasteiger partial charge in [-0.3, -0.25) is 0 Å². The average Bonchev–Trinajstić information content (AvgIpc) is 2.93. The molecule has 1 aliphatic carbocycles. The molecule has 1 atom stereocenters. The summed E-state index contributed by atoms with van der Waals surface area (Å²) in [5.74, 6) is 0.798. The number of aromatic nitrogens is 2. The molecule has 2 aromatic rings.